The highest BCUT2D eigenvalue weighted by Crippen LogP contribution is 2.48. The Kier molecular flexibility index (Phi) is 4.44. The number of nitrogens with zero attached hydrogens (tertiary/aromatic N) is 1. The Bertz CT molecular complexity index is 337. The second-order valence-electron chi connectivity index (χ2n) is 6.03. The Morgan fingerprint density at radius 3 is 2.72 bits per heavy atom. The molecule has 2 saturated carbocycles. The van der Waals surface area contributed by atoms with Crippen molar-refractivity contribution in [1.29, 1.82) is 0 Å². The summed E-state index contributed by atoms with van der Waals surface area (Å²) in [5.74, 6) is 2.66. The molecule has 0 amide bonds. The van der Waals surface area contributed by atoms with Crippen LogP contribution in [0.25, 0.3) is 0 Å². The van der Waals surface area contributed by atoms with Crippen LogP contribution in [-0.2, 0) is 9.53 Å². The minimum atomic E-state index is -0.219. The van der Waals surface area contributed by atoms with Crippen LogP contribution in [0.4, 0.5) is 0 Å². The number of methoxy groups -OCH3 is 1. The number of carbonyl (C=O) groups is 1. The van der Waals surface area contributed by atoms with E-state index in [1.807, 2.05) is 13.0 Å². The summed E-state index contributed by atoms with van der Waals surface area (Å²) in [4.78, 5) is 13.6. The van der Waals surface area contributed by atoms with Gasteiger partial charge in [0.25, 0.3) is 0 Å². The summed E-state index contributed by atoms with van der Waals surface area (Å²) in [6.07, 6.45) is 7.77. The smallest absolute Gasteiger partial charge is 0.333 e. The molecule has 3 nitrogen and oxygen atoms in total. The molecule has 2 rings (SSSR count). The lowest BCUT2D eigenvalue weighted by Crippen LogP contribution is -2.29. The number of carbonyl (C=O) groups excluding carboxylic acids is 1. The van der Waals surface area contributed by atoms with Crippen LogP contribution in [0, 0.1) is 17.8 Å². The largest absolute Gasteiger partial charge is 0.466 e. The van der Waals surface area contributed by atoms with Gasteiger partial charge in [0.1, 0.15) is 0 Å². The molecule has 0 spiro atoms. The second-order valence-corrected chi connectivity index (χ2v) is 6.03. The zero-order valence-electron chi connectivity index (χ0n) is 11.8. The van der Waals surface area contributed by atoms with Crippen molar-refractivity contribution in [1.82, 2.24) is 4.90 Å². The number of esters is 1. The molecule has 0 aromatic rings. The molecule has 3 atom stereocenters. The maximum absolute atomic E-state index is 11.3. The van der Waals surface area contributed by atoms with Crippen molar-refractivity contribution < 1.29 is 9.53 Å². The highest BCUT2D eigenvalue weighted by Gasteiger charge is 2.39. The molecule has 0 aromatic carbocycles. The van der Waals surface area contributed by atoms with Gasteiger partial charge >= 0.3 is 5.97 Å². The van der Waals surface area contributed by atoms with E-state index in [1.165, 1.54) is 39.3 Å². The van der Waals surface area contributed by atoms with Gasteiger partial charge in [-0.25, -0.2) is 4.79 Å². The standard InChI is InChI=1S/C15H25NO2/c1-11(15(17)18-3)6-7-16(2)10-14-9-12-4-5-13(14)8-12/h6,12-14H,4-5,7-10H2,1-3H3. The SMILES string of the molecule is COC(=O)C(C)=CCN(C)CC1CC2CCC1C2. The zero-order valence-corrected chi connectivity index (χ0v) is 11.8. The van der Waals surface area contributed by atoms with Crippen molar-refractivity contribution in [2.45, 2.75) is 32.6 Å². The van der Waals surface area contributed by atoms with Crippen LogP contribution in [0.2, 0.25) is 0 Å². The van der Waals surface area contributed by atoms with Gasteiger partial charge in [-0.2, -0.15) is 0 Å². The van der Waals surface area contributed by atoms with Crippen LogP contribution >= 0.6 is 0 Å². The summed E-state index contributed by atoms with van der Waals surface area (Å²) < 4.78 is 4.69. The maximum Gasteiger partial charge on any atom is 0.333 e. The molecule has 102 valence electrons. The van der Waals surface area contributed by atoms with Gasteiger partial charge in [0.05, 0.1) is 7.11 Å². The predicted octanol–water partition coefficient (Wildman–Crippen LogP) is 2.47. The molecule has 3 heteroatoms. The van der Waals surface area contributed by atoms with E-state index in [-0.39, 0.29) is 5.97 Å². The monoisotopic (exact) mass is 251 g/mol. The van der Waals surface area contributed by atoms with E-state index in [0.29, 0.717) is 5.57 Å². The fourth-order valence-electron chi connectivity index (χ4n) is 3.61. The summed E-state index contributed by atoms with van der Waals surface area (Å²) in [5, 5.41) is 0. The average molecular weight is 251 g/mol. The number of hydrogen-bond acceptors (Lipinski definition) is 3. The van der Waals surface area contributed by atoms with Crippen LogP contribution in [0.1, 0.15) is 32.6 Å². The molecule has 2 aliphatic carbocycles. The number of ether oxygens (including phenoxy) is 1. The molecule has 0 heterocycles. The molecule has 2 bridgehead atoms. The molecule has 3 unspecified atom stereocenters. The molecular formula is C15H25NO2. The Hall–Kier alpha value is -0.830. The normalized spacial score (nSPS) is 31.1. The molecule has 0 aromatic heterocycles. The summed E-state index contributed by atoms with van der Waals surface area (Å²) in [5.41, 5.74) is 0.706. The quantitative estimate of drug-likeness (QED) is 0.555. The molecule has 2 aliphatic rings. The number of hydrogen-bond donors (Lipinski definition) is 0. The number of rotatable bonds is 5. The summed E-state index contributed by atoms with van der Waals surface area (Å²) in [6, 6.07) is 0. The topological polar surface area (TPSA) is 29.5 Å². The van der Waals surface area contributed by atoms with Gasteiger partial charge in [-0.3, -0.25) is 0 Å². The zero-order chi connectivity index (χ0) is 13.1. The molecule has 0 aliphatic heterocycles. The van der Waals surface area contributed by atoms with Gasteiger partial charge in [-0.05, 0) is 51.0 Å². The number of likely N-dealkylation sites (N-methyl/N-ethyl adjacent to an activating group) is 1. The predicted molar refractivity (Wildman–Crippen MR) is 72.2 cm³/mol. The molecule has 0 N–H and O–H groups in total. The van der Waals surface area contributed by atoms with E-state index in [4.69, 9.17) is 4.74 Å². The van der Waals surface area contributed by atoms with E-state index < -0.39 is 0 Å². The van der Waals surface area contributed by atoms with Crippen LogP contribution in [0.3, 0.4) is 0 Å². The van der Waals surface area contributed by atoms with Gasteiger partial charge in [0.15, 0.2) is 0 Å². The lowest BCUT2D eigenvalue weighted by Gasteiger charge is -2.26. The van der Waals surface area contributed by atoms with Crippen molar-refractivity contribution >= 4 is 5.97 Å². The van der Waals surface area contributed by atoms with Crippen molar-refractivity contribution in [3.05, 3.63) is 11.6 Å². The van der Waals surface area contributed by atoms with E-state index in [0.717, 1.165) is 24.3 Å². The first kappa shape index (κ1) is 13.6. The van der Waals surface area contributed by atoms with Crippen molar-refractivity contribution in [2.75, 3.05) is 27.2 Å². The van der Waals surface area contributed by atoms with Gasteiger partial charge in [-0.15, -0.1) is 0 Å². The van der Waals surface area contributed by atoms with E-state index in [2.05, 4.69) is 11.9 Å². The van der Waals surface area contributed by atoms with Crippen LogP contribution in [0.5, 0.6) is 0 Å². The lowest BCUT2D eigenvalue weighted by atomic mass is 9.88. The van der Waals surface area contributed by atoms with Gasteiger partial charge in [-0.1, -0.05) is 12.5 Å². The van der Waals surface area contributed by atoms with Crippen LogP contribution in [-0.4, -0.2) is 38.1 Å². The lowest BCUT2D eigenvalue weighted by molar-refractivity contribution is -0.136. The molecule has 18 heavy (non-hydrogen) atoms. The molecular weight excluding hydrogens is 226 g/mol. The maximum atomic E-state index is 11.3. The van der Waals surface area contributed by atoms with Crippen molar-refractivity contribution in [3.63, 3.8) is 0 Å². The first-order chi connectivity index (χ1) is 8.60. The fraction of sp³-hybridized carbons (Fsp3) is 0.800. The Balaban J connectivity index is 1.75. The van der Waals surface area contributed by atoms with E-state index in [1.54, 1.807) is 0 Å². The third-order valence-corrected chi connectivity index (χ3v) is 4.65. The Morgan fingerprint density at radius 2 is 2.17 bits per heavy atom. The number of fused-ring (bicyclic) bond motifs is 2. The Labute approximate surface area is 110 Å². The van der Waals surface area contributed by atoms with Crippen LogP contribution < -0.4 is 0 Å². The highest BCUT2D eigenvalue weighted by molar-refractivity contribution is 5.87. The third-order valence-electron chi connectivity index (χ3n) is 4.65. The van der Waals surface area contributed by atoms with Gasteiger partial charge in [0, 0.05) is 18.7 Å². The van der Waals surface area contributed by atoms with Crippen molar-refractivity contribution in [2.24, 2.45) is 17.8 Å². The minimum Gasteiger partial charge on any atom is -0.466 e. The highest BCUT2D eigenvalue weighted by atomic mass is 16.5. The second kappa shape index (κ2) is 5.87. The summed E-state index contributed by atoms with van der Waals surface area (Å²) >= 11 is 0. The molecule has 0 saturated heterocycles. The molecule has 2 fully saturated rings. The molecule has 0 radical (unpaired) electrons. The average Bonchev–Trinajstić information content (AvgIpc) is 2.97. The fourth-order valence-corrected chi connectivity index (χ4v) is 3.61. The van der Waals surface area contributed by atoms with Gasteiger partial charge in [0.2, 0.25) is 0 Å². The Morgan fingerprint density at radius 1 is 1.39 bits per heavy atom. The summed E-state index contributed by atoms with van der Waals surface area (Å²) in [7, 11) is 3.58. The van der Waals surface area contributed by atoms with Gasteiger partial charge < -0.3 is 9.64 Å². The van der Waals surface area contributed by atoms with Crippen molar-refractivity contribution in [3.8, 4) is 0 Å². The summed E-state index contributed by atoms with van der Waals surface area (Å²) in [6.45, 7) is 3.83. The minimum absolute atomic E-state index is 0.219. The van der Waals surface area contributed by atoms with Crippen LogP contribution in [0.15, 0.2) is 11.6 Å². The van der Waals surface area contributed by atoms with E-state index >= 15 is 0 Å². The first-order valence-corrected chi connectivity index (χ1v) is 7.03. The first-order valence-electron chi connectivity index (χ1n) is 7.03. The van der Waals surface area contributed by atoms with E-state index in [9.17, 15) is 4.79 Å². The third kappa shape index (κ3) is 3.14.